The van der Waals surface area contributed by atoms with Crippen LogP contribution in [0.3, 0.4) is 0 Å². The lowest BCUT2D eigenvalue weighted by atomic mass is 9.84. The molecule has 1 aromatic heterocycles. The predicted molar refractivity (Wildman–Crippen MR) is 72.6 cm³/mol. The quantitative estimate of drug-likeness (QED) is 0.866. The van der Waals surface area contributed by atoms with Crippen molar-refractivity contribution in [3.05, 3.63) is 18.3 Å². The molecule has 0 aliphatic carbocycles. The molecule has 2 aliphatic rings. The van der Waals surface area contributed by atoms with Crippen molar-refractivity contribution in [3.63, 3.8) is 0 Å². The minimum Gasteiger partial charge on any atom is -0.355 e. The molecule has 1 N–H and O–H groups in total. The Morgan fingerprint density at radius 3 is 2.50 bits per heavy atom. The summed E-state index contributed by atoms with van der Waals surface area (Å²) in [6.45, 7) is 4.71. The Bertz CT molecular complexity index is 417. The summed E-state index contributed by atoms with van der Waals surface area (Å²) >= 11 is 0. The molecular weight excluding hydrogens is 224 g/mol. The van der Waals surface area contributed by atoms with Crippen LogP contribution in [0.5, 0.6) is 0 Å². The average Bonchev–Trinajstić information content (AvgIpc) is 2.58. The van der Waals surface area contributed by atoms with Gasteiger partial charge >= 0.3 is 0 Å². The maximum Gasteiger partial charge on any atom is 0.151 e. The zero-order valence-corrected chi connectivity index (χ0v) is 11.5. The van der Waals surface area contributed by atoms with E-state index in [0.29, 0.717) is 17.1 Å². The largest absolute Gasteiger partial charge is 0.355 e. The minimum absolute atomic E-state index is 0.300. The maximum absolute atomic E-state index is 4.23. The van der Waals surface area contributed by atoms with Crippen molar-refractivity contribution in [3.8, 4) is 0 Å². The van der Waals surface area contributed by atoms with Gasteiger partial charge in [0.15, 0.2) is 5.82 Å². The number of hydrogen-bond donors (Lipinski definition) is 1. The molecule has 2 bridgehead atoms. The standard InChI is InChI=1S/C14H22N4/c1-13-6-7-14(2,17-13)10-11(9-13)18(3)12-5-4-8-15-16-12/h4-5,8,11,17H,6-7,9-10H2,1-3H3/t11?,13-,14+. The van der Waals surface area contributed by atoms with Crippen LogP contribution >= 0.6 is 0 Å². The van der Waals surface area contributed by atoms with Gasteiger partial charge in [0.2, 0.25) is 0 Å². The Labute approximate surface area is 109 Å². The second kappa shape index (κ2) is 3.92. The van der Waals surface area contributed by atoms with Crippen LogP contribution in [0.1, 0.15) is 39.5 Å². The molecule has 1 unspecified atom stereocenters. The molecule has 4 nitrogen and oxygen atoms in total. The van der Waals surface area contributed by atoms with Crippen molar-refractivity contribution in [2.45, 2.75) is 56.7 Å². The molecule has 0 aromatic carbocycles. The molecule has 18 heavy (non-hydrogen) atoms. The molecule has 3 atom stereocenters. The fourth-order valence-electron chi connectivity index (χ4n) is 3.77. The van der Waals surface area contributed by atoms with Crippen LogP contribution < -0.4 is 10.2 Å². The Morgan fingerprint density at radius 2 is 1.94 bits per heavy atom. The first-order valence-corrected chi connectivity index (χ1v) is 6.80. The number of aromatic nitrogens is 2. The Balaban J connectivity index is 1.82. The maximum atomic E-state index is 4.23. The van der Waals surface area contributed by atoms with Crippen molar-refractivity contribution in [1.82, 2.24) is 15.5 Å². The van der Waals surface area contributed by atoms with Crippen molar-refractivity contribution in [2.24, 2.45) is 0 Å². The molecule has 0 radical (unpaired) electrons. The highest BCUT2D eigenvalue weighted by Crippen LogP contribution is 2.43. The van der Waals surface area contributed by atoms with Gasteiger partial charge in [-0.25, -0.2) is 0 Å². The van der Waals surface area contributed by atoms with Gasteiger partial charge in [0.1, 0.15) is 0 Å². The van der Waals surface area contributed by atoms with Crippen molar-refractivity contribution < 1.29 is 0 Å². The second-order valence-electron chi connectivity index (χ2n) is 6.50. The average molecular weight is 246 g/mol. The summed E-state index contributed by atoms with van der Waals surface area (Å²) in [5.41, 5.74) is 0.599. The van der Waals surface area contributed by atoms with Gasteiger partial charge in [-0.05, 0) is 51.7 Å². The van der Waals surface area contributed by atoms with Gasteiger partial charge < -0.3 is 10.2 Å². The molecule has 1 aromatic rings. The molecule has 2 saturated heterocycles. The van der Waals surface area contributed by atoms with E-state index in [9.17, 15) is 0 Å². The highest BCUT2D eigenvalue weighted by atomic mass is 15.3. The summed E-state index contributed by atoms with van der Waals surface area (Å²) in [7, 11) is 2.14. The summed E-state index contributed by atoms with van der Waals surface area (Å²) in [6.07, 6.45) is 6.68. The number of nitrogens with zero attached hydrogens (tertiary/aromatic N) is 3. The molecule has 0 amide bonds. The number of piperidine rings is 1. The summed E-state index contributed by atoms with van der Waals surface area (Å²) in [5.74, 6) is 0.982. The number of anilines is 1. The lowest BCUT2D eigenvalue weighted by molar-refractivity contribution is 0.207. The molecule has 4 heteroatoms. The van der Waals surface area contributed by atoms with E-state index < -0.39 is 0 Å². The first-order chi connectivity index (χ1) is 8.50. The first-order valence-electron chi connectivity index (χ1n) is 6.80. The normalized spacial score (nSPS) is 38.7. The summed E-state index contributed by atoms with van der Waals surface area (Å²) in [5, 5.41) is 12.0. The number of nitrogens with one attached hydrogen (secondary N) is 1. The highest BCUT2D eigenvalue weighted by molar-refractivity contribution is 5.37. The van der Waals surface area contributed by atoms with Crippen LogP contribution in [0, 0.1) is 0 Å². The SMILES string of the molecule is CN(c1cccnn1)C1C[C@]2(C)CC[C@](C)(C1)N2. The van der Waals surface area contributed by atoms with Gasteiger partial charge in [0.25, 0.3) is 0 Å². The van der Waals surface area contributed by atoms with E-state index in [-0.39, 0.29) is 0 Å². The van der Waals surface area contributed by atoms with E-state index in [1.807, 2.05) is 12.1 Å². The van der Waals surface area contributed by atoms with E-state index >= 15 is 0 Å². The zero-order chi connectivity index (χ0) is 12.8. The summed E-state index contributed by atoms with van der Waals surface area (Å²) < 4.78 is 0. The fourth-order valence-corrected chi connectivity index (χ4v) is 3.77. The molecular formula is C14H22N4. The van der Waals surface area contributed by atoms with Crippen LogP contribution in [-0.2, 0) is 0 Å². The predicted octanol–water partition coefficient (Wildman–Crippen LogP) is 1.98. The van der Waals surface area contributed by atoms with E-state index in [2.05, 4.69) is 41.3 Å². The zero-order valence-electron chi connectivity index (χ0n) is 11.5. The van der Waals surface area contributed by atoms with E-state index in [1.165, 1.54) is 25.7 Å². The topological polar surface area (TPSA) is 41.1 Å². The smallest absolute Gasteiger partial charge is 0.151 e. The highest BCUT2D eigenvalue weighted by Gasteiger charge is 2.49. The third kappa shape index (κ3) is 1.99. The number of fused-ring (bicyclic) bond motifs is 2. The van der Waals surface area contributed by atoms with E-state index in [1.54, 1.807) is 6.20 Å². The van der Waals surface area contributed by atoms with Crippen molar-refractivity contribution in [2.75, 3.05) is 11.9 Å². The van der Waals surface area contributed by atoms with Crippen LogP contribution in [-0.4, -0.2) is 34.4 Å². The molecule has 2 aliphatic heterocycles. The van der Waals surface area contributed by atoms with Crippen LogP contribution in [0.4, 0.5) is 5.82 Å². The van der Waals surface area contributed by atoms with Gasteiger partial charge in [-0.2, -0.15) is 5.10 Å². The molecule has 3 rings (SSSR count). The van der Waals surface area contributed by atoms with Gasteiger partial charge in [-0.15, -0.1) is 5.10 Å². The fraction of sp³-hybridized carbons (Fsp3) is 0.714. The number of hydrogen-bond acceptors (Lipinski definition) is 4. The summed E-state index contributed by atoms with van der Waals surface area (Å²) in [4.78, 5) is 2.30. The molecule has 2 fully saturated rings. The van der Waals surface area contributed by atoms with E-state index in [0.717, 1.165) is 5.82 Å². The van der Waals surface area contributed by atoms with Gasteiger partial charge in [-0.1, -0.05) is 0 Å². The van der Waals surface area contributed by atoms with Crippen LogP contribution in [0.25, 0.3) is 0 Å². The Hall–Kier alpha value is -1.16. The van der Waals surface area contributed by atoms with Gasteiger partial charge in [-0.3, -0.25) is 0 Å². The third-order valence-electron chi connectivity index (χ3n) is 4.67. The van der Waals surface area contributed by atoms with E-state index in [4.69, 9.17) is 0 Å². The molecule has 98 valence electrons. The molecule has 3 heterocycles. The van der Waals surface area contributed by atoms with Gasteiger partial charge in [0, 0.05) is 30.4 Å². The van der Waals surface area contributed by atoms with Crippen LogP contribution in [0.2, 0.25) is 0 Å². The van der Waals surface area contributed by atoms with Crippen molar-refractivity contribution >= 4 is 5.82 Å². The Morgan fingerprint density at radius 1 is 1.28 bits per heavy atom. The first kappa shape index (κ1) is 11.9. The Kier molecular flexibility index (Phi) is 2.59. The minimum atomic E-state index is 0.300. The lowest BCUT2D eigenvalue weighted by Crippen LogP contribution is -2.58. The number of rotatable bonds is 2. The lowest BCUT2D eigenvalue weighted by Gasteiger charge is -2.45. The molecule has 0 saturated carbocycles. The van der Waals surface area contributed by atoms with Crippen molar-refractivity contribution in [1.29, 1.82) is 0 Å². The second-order valence-corrected chi connectivity index (χ2v) is 6.50. The van der Waals surface area contributed by atoms with Crippen LogP contribution in [0.15, 0.2) is 18.3 Å². The monoisotopic (exact) mass is 246 g/mol. The summed E-state index contributed by atoms with van der Waals surface area (Å²) in [6, 6.07) is 4.56. The molecule has 0 spiro atoms. The van der Waals surface area contributed by atoms with Gasteiger partial charge in [0.05, 0.1) is 0 Å². The third-order valence-corrected chi connectivity index (χ3v) is 4.67.